The molecule has 0 spiro atoms. The summed E-state index contributed by atoms with van der Waals surface area (Å²) in [6.45, 7) is 0. The van der Waals surface area contributed by atoms with Crippen molar-refractivity contribution in [1.82, 2.24) is 4.98 Å². The molecular formula is C8H13N9. The predicted molar refractivity (Wildman–Crippen MR) is 67.6 cm³/mol. The van der Waals surface area contributed by atoms with Crippen molar-refractivity contribution in [2.45, 2.75) is 0 Å². The zero-order valence-electron chi connectivity index (χ0n) is 8.91. The van der Waals surface area contributed by atoms with Crippen molar-refractivity contribution in [3.05, 3.63) is 23.5 Å². The van der Waals surface area contributed by atoms with Crippen LogP contribution in [-0.4, -0.2) is 29.3 Å². The second-order valence-corrected chi connectivity index (χ2v) is 2.91. The van der Waals surface area contributed by atoms with E-state index in [1.54, 1.807) is 12.1 Å². The molecule has 0 aliphatic heterocycles. The van der Waals surface area contributed by atoms with E-state index in [1.165, 1.54) is 12.4 Å². The molecule has 9 heteroatoms. The molecule has 0 amide bonds. The van der Waals surface area contributed by atoms with E-state index in [4.69, 9.17) is 22.9 Å². The number of nitrogens with two attached hydrogens (primary N) is 4. The summed E-state index contributed by atoms with van der Waals surface area (Å²) < 4.78 is 0. The molecule has 0 radical (unpaired) electrons. The van der Waals surface area contributed by atoms with Gasteiger partial charge in [-0.05, 0) is 12.1 Å². The minimum atomic E-state index is -0.109. The molecule has 0 saturated carbocycles. The minimum absolute atomic E-state index is 0.109. The number of nitrogens with zero attached hydrogens (tertiary/aromatic N) is 4. The number of aromatic nitrogens is 1. The maximum Gasteiger partial charge on any atom is 0.211 e. The Balaban J connectivity index is 2.66. The van der Waals surface area contributed by atoms with Crippen LogP contribution < -0.4 is 22.9 Å². The summed E-state index contributed by atoms with van der Waals surface area (Å²) in [5.41, 5.74) is 21.8. The predicted octanol–water partition coefficient (Wildman–Crippen LogP) is -1.77. The summed E-state index contributed by atoms with van der Waals surface area (Å²) >= 11 is 0. The molecule has 0 aliphatic rings. The fraction of sp³-hybridized carbons (Fsp3) is 0. The second kappa shape index (κ2) is 5.90. The van der Waals surface area contributed by atoms with Gasteiger partial charge in [-0.2, -0.15) is 10.2 Å². The Kier molecular flexibility index (Phi) is 4.25. The lowest BCUT2D eigenvalue weighted by Gasteiger charge is -1.86. The van der Waals surface area contributed by atoms with Gasteiger partial charge in [0.05, 0.1) is 23.8 Å². The van der Waals surface area contributed by atoms with Gasteiger partial charge in [-0.25, -0.2) is 0 Å². The average Bonchev–Trinajstić information content (AvgIpc) is 2.65. The lowest BCUT2D eigenvalue weighted by Crippen LogP contribution is -2.21. The molecule has 0 fully saturated rings. The van der Waals surface area contributed by atoms with Crippen molar-refractivity contribution in [3.63, 3.8) is 0 Å². The number of hydrogen-bond donors (Lipinski definition) is 5. The fourth-order valence-corrected chi connectivity index (χ4v) is 0.896. The standard InChI is InChI=1S/C8H13N9/c9-7(10)16-13-3-5-1-2-6(15-5)4-14-17-8(11)12/h1-4,15H,(H4,9,10,16)(H4,11,12,17)/b13-3-,14-4-. The quantitative estimate of drug-likeness (QED) is 0.236. The molecule has 0 aromatic carbocycles. The first-order valence-corrected chi connectivity index (χ1v) is 4.51. The molecule has 0 unspecified atom stereocenters. The van der Waals surface area contributed by atoms with Gasteiger partial charge in [0.15, 0.2) is 0 Å². The maximum absolute atomic E-state index is 5.10. The summed E-state index contributed by atoms with van der Waals surface area (Å²) in [6.07, 6.45) is 2.91. The highest BCUT2D eigenvalue weighted by molar-refractivity contribution is 5.84. The Labute approximate surface area is 97.0 Å². The minimum Gasteiger partial charge on any atom is -0.369 e. The van der Waals surface area contributed by atoms with Crippen molar-refractivity contribution in [1.29, 1.82) is 0 Å². The van der Waals surface area contributed by atoms with Crippen LogP contribution in [0.5, 0.6) is 0 Å². The molecule has 0 bridgehead atoms. The van der Waals surface area contributed by atoms with Crippen molar-refractivity contribution in [2.24, 2.45) is 43.3 Å². The highest BCUT2D eigenvalue weighted by atomic mass is 15.3. The van der Waals surface area contributed by atoms with Crippen LogP contribution in [-0.2, 0) is 0 Å². The highest BCUT2D eigenvalue weighted by Crippen LogP contribution is 1.97. The van der Waals surface area contributed by atoms with Crippen LogP contribution in [0.25, 0.3) is 0 Å². The number of nitrogens with one attached hydrogen (secondary N) is 1. The van der Waals surface area contributed by atoms with E-state index in [0.29, 0.717) is 11.4 Å². The van der Waals surface area contributed by atoms with Crippen molar-refractivity contribution >= 4 is 24.3 Å². The number of H-pyrrole nitrogens is 1. The normalized spacial score (nSPS) is 10.8. The smallest absolute Gasteiger partial charge is 0.211 e. The van der Waals surface area contributed by atoms with E-state index in [1.807, 2.05) is 0 Å². The van der Waals surface area contributed by atoms with Gasteiger partial charge in [0.25, 0.3) is 0 Å². The van der Waals surface area contributed by atoms with Crippen molar-refractivity contribution in [2.75, 3.05) is 0 Å². The summed E-state index contributed by atoms with van der Waals surface area (Å²) in [5, 5.41) is 14.2. The van der Waals surface area contributed by atoms with Crippen LogP contribution in [0.4, 0.5) is 0 Å². The van der Waals surface area contributed by atoms with Gasteiger partial charge in [0.2, 0.25) is 11.9 Å². The Morgan fingerprint density at radius 1 is 0.882 bits per heavy atom. The topological polar surface area (TPSA) is 169 Å². The van der Waals surface area contributed by atoms with Gasteiger partial charge < -0.3 is 27.9 Å². The average molecular weight is 235 g/mol. The number of hydrogen-bond acceptors (Lipinski definition) is 4. The number of rotatable bonds is 4. The second-order valence-electron chi connectivity index (χ2n) is 2.91. The maximum atomic E-state index is 5.10. The fourth-order valence-electron chi connectivity index (χ4n) is 0.896. The third kappa shape index (κ3) is 4.97. The molecule has 1 aromatic heterocycles. The summed E-state index contributed by atoms with van der Waals surface area (Å²) in [6, 6.07) is 3.53. The molecule has 9 nitrogen and oxygen atoms in total. The Bertz CT molecular complexity index is 428. The Hall–Kier alpha value is -2.84. The van der Waals surface area contributed by atoms with E-state index in [2.05, 4.69) is 25.4 Å². The van der Waals surface area contributed by atoms with Crippen LogP contribution >= 0.6 is 0 Å². The van der Waals surface area contributed by atoms with Crippen molar-refractivity contribution < 1.29 is 0 Å². The van der Waals surface area contributed by atoms with Gasteiger partial charge in [-0.1, -0.05) is 0 Å². The lowest BCUT2D eigenvalue weighted by atomic mass is 10.4. The van der Waals surface area contributed by atoms with Gasteiger partial charge >= 0.3 is 0 Å². The van der Waals surface area contributed by atoms with Crippen LogP contribution in [0, 0.1) is 0 Å². The first-order chi connectivity index (χ1) is 8.08. The third-order valence-corrected chi connectivity index (χ3v) is 1.47. The van der Waals surface area contributed by atoms with Gasteiger partial charge in [0.1, 0.15) is 0 Å². The monoisotopic (exact) mass is 235 g/mol. The van der Waals surface area contributed by atoms with Crippen LogP contribution in [0.1, 0.15) is 11.4 Å². The Morgan fingerprint density at radius 2 is 1.29 bits per heavy atom. The molecule has 0 saturated heterocycles. The molecule has 9 N–H and O–H groups in total. The summed E-state index contributed by atoms with van der Waals surface area (Å²) in [4.78, 5) is 2.96. The number of aromatic amines is 1. The van der Waals surface area contributed by atoms with E-state index in [0.717, 1.165) is 0 Å². The summed E-state index contributed by atoms with van der Waals surface area (Å²) in [7, 11) is 0. The van der Waals surface area contributed by atoms with E-state index >= 15 is 0 Å². The molecule has 1 aromatic rings. The van der Waals surface area contributed by atoms with Gasteiger partial charge in [-0.15, -0.1) is 10.2 Å². The largest absolute Gasteiger partial charge is 0.369 e. The molecule has 90 valence electrons. The van der Waals surface area contributed by atoms with Crippen molar-refractivity contribution in [3.8, 4) is 0 Å². The molecule has 0 aliphatic carbocycles. The zero-order valence-corrected chi connectivity index (χ0v) is 8.91. The zero-order chi connectivity index (χ0) is 12.7. The van der Waals surface area contributed by atoms with Gasteiger partial charge in [-0.3, -0.25) is 0 Å². The highest BCUT2D eigenvalue weighted by Gasteiger charge is 1.92. The summed E-state index contributed by atoms with van der Waals surface area (Å²) in [5.74, 6) is -0.218. The molecular weight excluding hydrogens is 222 g/mol. The van der Waals surface area contributed by atoms with E-state index in [-0.39, 0.29) is 11.9 Å². The molecule has 0 atom stereocenters. The first-order valence-electron chi connectivity index (χ1n) is 4.51. The third-order valence-electron chi connectivity index (χ3n) is 1.47. The van der Waals surface area contributed by atoms with Crippen LogP contribution in [0.2, 0.25) is 0 Å². The SMILES string of the molecule is NC(N)=N/N=C\c1ccc(/C=N\N=C(N)N)[nH]1. The first kappa shape index (κ1) is 12.2. The van der Waals surface area contributed by atoms with Crippen LogP contribution in [0.15, 0.2) is 32.5 Å². The Morgan fingerprint density at radius 3 is 1.65 bits per heavy atom. The molecule has 17 heavy (non-hydrogen) atoms. The van der Waals surface area contributed by atoms with E-state index in [9.17, 15) is 0 Å². The van der Waals surface area contributed by atoms with Gasteiger partial charge in [0, 0.05) is 0 Å². The molecule has 1 rings (SSSR count). The number of guanidine groups is 2. The lowest BCUT2D eigenvalue weighted by molar-refractivity contribution is 1.20. The molecule has 1 heterocycles. The van der Waals surface area contributed by atoms with E-state index < -0.39 is 0 Å². The van der Waals surface area contributed by atoms with Crippen LogP contribution in [0.3, 0.4) is 0 Å².